The average molecular weight is 406 g/mol. The van der Waals surface area contributed by atoms with Gasteiger partial charge in [-0.2, -0.15) is 5.10 Å². The Morgan fingerprint density at radius 2 is 1.96 bits per heavy atom. The van der Waals surface area contributed by atoms with Gasteiger partial charge in [-0.1, -0.05) is 19.9 Å². The minimum atomic E-state index is -3.63. The lowest BCUT2D eigenvalue weighted by Gasteiger charge is -2.17. The highest BCUT2D eigenvalue weighted by Gasteiger charge is 2.20. The summed E-state index contributed by atoms with van der Waals surface area (Å²) >= 11 is 1.57. The number of hydrogen-bond donors (Lipinski definition) is 1. The summed E-state index contributed by atoms with van der Waals surface area (Å²) in [5, 5.41) is 6.23. The molecule has 1 unspecified atom stereocenters. The first-order valence-corrected chi connectivity index (χ1v) is 11.1. The molecular weight excluding hydrogens is 382 g/mol. The van der Waals surface area contributed by atoms with E-state index in [-0.39, 0.29) is 17.5 Å². The molecule has 0 aliphatic carbocycles. The number of nitrogens with zero attached hydrogens (tertiary/aromatic N) is 2. The van der Waals surface area contributed by atoms with E-state index in [0.29, 0.717) is 18.3 Å². The number of aromatic nitrogens is 2. The van der Waals surface area contributed by atoms with Crippen LogP contribution in [0.25, 0.3) is 0 Å². The summed E-state index contributed by atoms with van der Waals surface area (Å²) in [5.41, 5.74) is 0. The topological polar surface area (TPSA) is 73.2 Å². The van der Waals surface area contributed by atoms with Crippen LogP contribution in [-0.4, -0.2) is 31.3 Å². The zero-order valence-corrected chi connectivity index (χ0v) is 16.9. The van der Waals surface area contributed by atoms with Gasteiger partial charge in [-0.3, -0.25) is 4.68 Å². The third-order valence-corrected chi connectivity index (χ3v) is 6.31. The first-order chi connectivity index (χ1) is 13.0. The number of thiophene rings is 1. The number of benzene rings is 1. The largest absolute Gasteiger partial charge is 0.493 e. The van der Waals surface area contributed by atoms with Gasteiger partial charge in [0.05, 0.1) is 17.5 Å². The molecule has 1 N–H and O–H groups in total. The van der Waals surface area contributed by atoms with Gasteiger partial charge in [-0.25, -0.2) is 13.1 Å². The molecule has 0 aliphatic heterocycles. The van der Waals surface area contributed by atoms with Gasteiger partial charge >= 0.3 is 0 Å². The van der Waals surface area contributed by atoms with E-state index in [0.717, 1.165) is 4.88 Å². The summed E-state index contributed by atoms with van der Waals surface area (Å²) in [4.78, 5) is 1.25. The van der Waals surface area contributed by atoms with E-state index in [4.69, 9.17) is 4.74 Å². The highest BCUT2D eigenvalue weighted by Crippen LogP contribution is 2.23. The quantitative estimate of drug-likeness (QED) is 0.591. The van der Waals surface area contributed by atoms with E-state index >= 15 is 0 Å². The molecule has 27 heavy (non-hydrogen) atoms. The van der Waals surface area contributed by atoms with Crippen molar-refractivity contribution in [3.63, 3.8) is 0 Å². The number of rotatable bonds is 9. The Labute approximate surface area is 163 Å². The summed E-state index contributed by atoms with van der Waals surface area (Å²) in [6.45, 7) is 4.94. The van der Waals surface area contributed by atoms with Crippen molar-refractivity contribution in [1.82, 2.24) is 14.5 Å². The van der Waals surface area contributed by atoms with Crippen LogP contribution in [0.5, 0.6) is 5.75 Å². The molecule has 0 saturated heterocycles. The molecule has 3 aromatic rings. The van der Waals surface area contributed by atoms with Crippen LogP contribution in [-0.2, 0) is 10.0 Å². The third kappa shape index (κ3) is 5.18. The van der Waals surface area contributed by atoms with E-state index < -0.39 is 10.0 Å². The predicted octanol–water partition coefficient (Wildman–Crippen LogP) is 3.55. The summed E-state index contributed by atoms with van der Waals surface area (Å²) in [5.74, 6) is 1.07. The molecule has 1 atom stereocenters. The normalized spacial score (nSPS) is 13.0. The maximum absolute atomic E-state index is 12.7. The monoisotopic (exact) mass is 405 g/mol. The van der Waals surface area contributed by atoms with E-state index in [2.05, 4.69) is 23.7 Å². The minimum absolute atomic E-state index is 0.191. The molecule has 0 fully saturated rings. The Hall–Kier alpha value is -2.16. The van der Waals surface area contributed by atoms with Crippen LogP contribution in [0, 0.1) is 5.92 Å². The lowest BCUT2D eigenvalue weighted by Crippen LogP contribution is -2.31. The van der Waals surface area contributed by atoms with Crippen molar-refractivity contribution < 1.29 is 13.2 Å². The fourth-order valence-corrected chi connectivity index (χ4v) is 4.38. The molecule has 0 saturated carbocycles. The van der Waals surface area contributed by atoms with Crippen LogP contribution >= 0.6 is 11.3 Å². The molecule has 0 bridgehead atoms. The van der Waals surface area contributed by atoms with Crippen molar-refractivity contribution in [1.29, 1.82) is 0 Å². The van der Waals surface area contributed by atoms with Crippen LogP contribution in [0.2, 0.25) is 0 Å². The molecule has 144 valence electrons. The Morgan fingerprint density at radius 3 is 2.56 bits per heavy atom. The molecule has 3 rings (SSSR count). The number of hydrogen-bond acceptors (Lipinski definition) is 5. The van der Waals surface area contributed by atoms with Crippen molar-refractivity contribution in [2.24, 2.45) is 5.92 Å². The molecule has 1 aromatic carbocycles. The Bertz CT molecular complexity index is 885. The van der Waals surface area contributed by atoms with Gasteiger partial charge in [0.25, 0.3) is 0 Å². The van der Waals surface area contributed by atoms with E-state index in [1.165, 1.54) is 0 Å². The highest BCUT2D eigenvalue weighted by molar-refractivity contribution is 7.89. The predicted molar refractivity (Wildman–Crippen MR) is 107 cm³/mol. The Kier molecular flexibility index (Phi) is 6.30. The van der Waals surface area contributed by atoms with Crippen LogP contribution in [0.1, 0.15) is 24.8 Å². The van der Waals surface area contributed by atoms with Gasteiger partial charge in [0.1, 0.15) is 5.75 Å². The smallest absolute Gasteiger partial charge is 0.240 e. The minimum Gasteiger partial charge on any atom is -0.493 e. The lowest BCUT2D eigenvalue weighted by atomic mass is 10.2. The molecule has 8 heteroatoms. The number of nitrogens with one attached hydrogen (secondary N) is 1. The van der Waals surface area contributed by atoms with Crippen molar-refractivity contribution in [3.05, 3.63) is 65.1 Å². The van der Waals surface area contributed by atoms with E-state index in [1.807, 2.05) is 29.8 Å². The summed E-state index contributed by atoms with van der Waals surface area (Å²) in [7, 11) is -3.63. The zero-order chi connectivity index (χ0) is 19.3. The maximum atomic E-state index is 12.7. The fraction of sp³-hybridized carbons (Fsp3) is 0.316. The van der Waals surface area contributed by atoms with Crippen LogP contribution < -0.4 is 9.46 Å². The SMILES string of the molecule is CC(C)COc1ccc(S(=O)(=O)NCC(c2cccs2)n2cccn2)cc1. The third-order valence-electron chi connectivity index (χ3n) is 3.90. The first kappa shape index (κ1) is 19.6. The first-order valence-electron chi connectivity index (χ1n) is 8.71. The summed E-state index contributed by atoms with van der Waals surface area (Å²) < 4.78 is 35.4. The van der Waals surface area contributed by atoms with Crippen LogP contribution in [0.3, 0.4) is 0 Å². The Morgan fingerprint density at radius 1 is 1.19 bits per heavy atom. The molecule has 0 amide bonds. The molecule has 0 spiro atoms. The Balaban J connectivity index is 1.70. The van der Waals surface area contributed by atoms with E-state index in [9.17, 15) is 8.42 Å². The lowest BCUT2D eigenvalue weighted by molar-refractivity contribution is 0.271. The zero-order valence-electron chi connectivity index (χ0n) is 15.3. The van der Waals surface area contributed by atoms with Gasteiger partial charge in [0, 0.05) is 23.8 Å². The number of sulfonamides is 1. The maximum Gasteiger partial charge on any atom is 0.240 e. The molecule has 6 nitrogen and oxygen atoms in total. The van der Waals surface area contributed by atoms with Gasteiger partial charge < -0.3 is 4.74 Å². The second-order valence-corrected chi connectivity index (χ2v) is 9.29. The van der Waals surface area contributed by atoms with Gasteiger partial charge in [-0.15, -0.1) is 11.3 Å². The summed E-state index contributed by atoms with van der Waals surface area (Å²) in [6, 6.07) is 12.0. The van der Waals surface area contributed by atoms with Crippen molar-refractivity contribution in [2.45, 2.75) is 24.8 Å². The average Bonchev–Trinajstić information content (AvgIpc) is 3.35. The second-order valence-electron chi connectivity index (χ2n) is 6.55. The summed E-state index contributed by atoms with van der Waals surface area (Å²) in [6.07, 6.45) is 3.52. The van der Waals surface area contributed by atoms with Crippen molar-refractivity contribution in [2.75, 3.05) is 13.2 Å². The number of ether oxygens (including phenoxy) is 1. The van der Waals surface area contributed by atoms with Crippen molar-refractivity contribution in [3.8, 4) is 5.75 Å². The molecular formula is C19H23N3O3S2. The standard InChI is InChI=1S/C19H23N3O3S2/c1-15(2)14-25-16-6-8-17(9-7-16)27(23,24)21-13-18(19-5-3-12-26-19)22-11-4-10-20-22/h3-12,15,18,21H,13-14H2,1-2H3. The molecule has 2 heterocycles. The van der Waals surface area contributed by atoms with Gasteiger partial charge in [0.2, 0.25) is 10.0 Å². The molecule has 0 radical (unpaired) electrons. The van der Waals surface area contributed by atoms with Crippen LogP contribution in [0.4, 0.5) is 0 Å². The van der Waals surface area contributed by atoms with Crippen molar-refractivity contribution >= 4 is 21.4 Å². The highest BCUT2D eigenvalue weighted by atomic mass is 32.2. The van der Waals surface area contributed by atoms with Gasteiger partial charge in [0.15, 0.2) is 0 Å². The van der Waals surface area contributed by atoms with Gasteiger partial charge in [-0.05, 0) is 47.7 Å². The molecule has 2 aromatic heterocycles. The molecule has 0 aliphatic rings. The second kappa shape index (κ2) is 8.69. The van der Waals surface area contributed by atoms with E-state index in [1.54, 1.807) is 46.5 Å². The van der Waals surface area contributed by atoms with Crippen LogP contribution in [0.15, 0.2) is 65.1 Å². The fourth-order valence-electron chi connectivity index (χ4n) is 2.52.